The number of nitrogens with zero attached hydrogens (tertiary/aromatic N) is 1. The average molecular weight is 350 g/mol. The molecule has 26 heavy (non-hydrogen) atoms. The van der Waals surface area contributed by atoms with Crippen LogP contribution in [-0.4, -0.2) is 18.0 Å². The van der Waals surface area contributed by atoms with E-state index in [1.807, 2.05) is 24.3 Å². The molecule has 4 rings (SSSR count). The number of halogens is 1. The quantitative estimate of drug-likeness (QED) is 0.757. The minimum Gasteiger partial charge on any atom is -0.497 e. The molecular formula is C21H19FN2O2. The first-order valence-electron chi connectivity index (χ1n) is 8.60. The van der Waals surface area contributed by atoms with Gasteiger partial charge in [0.2, 0.25) is 5.91 Å². The molecule has 0 radical (unpaired) electrons. The summed E-state index contributed by atoms with van der Waals surface area (Å²) in [6.07, 6.45) is 2.47. The fraction of sp³-hybridized carbons (Fsp3) is 0.238. The number of methoxy groups -OCH3 is 1. The van der Waals surface area contributed by atoms with Crippen LogP contribution in [0, 0.1) is 5.82 Å². The Morgan fingerprint density at radius 2 is 2.04 bits per heavy atom. The van der Waals surface area contributed by atoms with Crippen molar-refractivity contribution in [3.63, 3.8) is 0 Å². The molecule has 0 aliphatic heterocycles. The van der Waals surface area contributed by atoms with Crippen LogP contribution in [-0.2, 0) is 11.2 Å². The molecule has 2 N–H and O–H groups in total. The Kier molecular flexibility index (Phi) is 4.07. The maximum Gasteiger partial charge on any atom is 0.221 e. The molecule has 1 amide bonds. The Labute approximate surface area is 150 Å². The lowest BCUT2D eigenvalue weighted by atomic mass is 9.99. The normalized spacial score (nSPS) is 13.8. The van der Waals surface area contributed by atoms with Crippen LogP contribution in [0.15, 0.2) is 42.5 Å². The number of hydrogen-bond donors (Lipinski definition) is 1. The van der Waals surface area contributed by atoms with Gasteiger partial charge in [-0.25, -0.2) is 9.37 Å². The van der Waals surface area contributed by atoms with E-state index in [4.69, 9.17) is 15.5 Å². The predicted molar refractivity (Wildman–Crippen MR) is 98.6 cm³/mol. The van der Waals surface area contributed by atoms with Crippen molar-refractivity contribution in [3.8, 4) is 17.0 Å². The number of aromatic nitrogens is 1. The molecule has 1 aromatic heterocycles. The molecule has 2 aromatic carbocycles. The number of pyridine rings is 1. The summed E-state index contributed by atoms with van der Waals surface area (Å²) >= 11 is 0. The van der Waals surface area contributed by atoms with Crippen molar-refractivity contribution in [3.05, 3.63) is 59.4 Å². The summed E-state index contributed by atoms with van der Waals surface area (Å²) in [5, 5.41) is 1.08. The summed E-state index contributed by atoms with van der Waals surface area (Å²) in [6.45, 7) is 0. The fourth-order valence-corrected chi connectivity index (χ4v) is 3.32. The lowest BCUT2D eigenvalue weighted by Gasteiger charge is -2.11. The molecule has 3 aromatic rings. The number of rotatable bonds is 5. The van der Waals surface area contributed by atoms with Crippen LogP contribution in [0.2, 0.25) is 0 Å². The first-order valence-corrected chi connectivity index (χ1v) is 8.60. The Balaban J connectivity index is 1.89. The number of fused-ring (bicyclic) bond motifs is 1. The van der Waals surface area contributed by atoms with Crippen molar-refractivity contribution >= 4 is 16.8 Å². The highest BCUT2D eigenvalue weighted by Gasteiger charge is 2.26. The van der Waals surface area contributed by atoms with E-state index in [0.717, 1.165) is 29.3 Å². The summed E-state index contributed by atoms with van der Waals surface area (Å²) < 4.78 is 19.1. The molecule has 1 aliphatic rings. The molecule has 132 valence electrons. The highest BCUT2D eigenvalue weighted by Crippen LogP contribution is 2.44. The number of carbonyl (C=O) groups excluding carboxylic acids is 1. The van der Waals surface area contributed by atoms with E-state index < -0.39 is 0 Å². The van der Waals surface area contributed by atoms with Crippen LogP contribution in [0.1, 0.15) is 29.9 Å². The third-order valence-corrected chi connectivity index (χ3v) is 4.70. The van der Waals surface area contributed by atoms with Crippen LogP contribution in [0.3, 0.4) is 0 Å². The van der Waals surface area contributed by atoms with Crippen molar-refractivity contribution in [2.24, 2.45) is 5.73 Å². The molecule has 0 bridgehead atoms. The second kappa shape index (κ2) is 6.41. The summed E-state index contributed by atoms with van der Waals surface area (Å²) in [6, 6.07) is 12.4. The van der Waals surface area contributed by atoms with Gasteiger partial charge in [0.05, 0.1) is 24.7 Å². The van der Waals surface area contributed by atoms with E-state index in [2.05, 4.69) is 0 Å². The van der Waals surface area contributed by atoms with E-state index >= 15 is 0 Å². The van der Waals surface area contributed by atoms with E-state index in [9.17, 15) is 9.18 Å². The van der Waals surface area contributed by atoms with Gasteiger partial charge >= 0.3 is 0 Å². The second-order valence-electron chi connectivity index (χ2n) is 6.75. The number of hydrogen-bond acceptors (Lipinski definition) is 3. The molecule has 5 heteroatoms. The van der Waals surface area contributed by atoms with Crippen LogP contribution < -0.4 is 10.5 Å². The van der Waals surface area contributed by atoms with Gasteiger partial charge in [-0.05, 0) is 54.2 Å². The number of carbonyl (C=O) groups is 1. The van der Waals surface area contributed by atoms with Gasteiger partial charge in [-0.3, -0.25) is 4.79 Å². The van der Waals surface area contributed by atoms with Gasteiger partial charge in [0.15, 0.2) is 0 Å². The summed E-state index contributed by atoms with van der Waals surface area (Å²) in [5.74, 6) is 0.225. The average Bonchev–Trinajstić information content (AvgIpc) is 3.44. The molecule has 0 saturated heterocycles. The van der Waals surface area contributed by atoms with E-state index in [1.165, 1.54) is 24.8 Å². The van der Waals surface area contributed by atoms with Crippen LogP contribution in [0.25, 0.3) is 22.2 Å². The van der Waals surface area contributed by atoms with Gasteiger partial charge in [0.25, 0.3) is 0 Å². The first kappa shape index (κ1) is 16.5. The Bertz CT molecular complexity index is 1010. The first-order chi connectivity index (χ1) is 12.5. The fourth-order valence-electron chi connectivity index (χ4n) is 3.32. The maximum atomic E-state index is 13.9. The number of amides is 1. The zero-order valence-corrected chi connectivity index (χ0v) is 14.5. The molecular weight excluding hydrogens is 331 g/mol. The highest BCUT2D eigenvalue weighted by molar-refractivity contribution is 5.88. The van der Waals surface area contributed by atoms with Gasteiger partial charge < -0.3 is 10.5 Å². The predicted octanol–water partition coefficient (Wildman–Crippen LogP) is 3.95. The zero-order valence-electron chi connectivity index (χ0n) is 14.5. The van der Waals surface area contributed by atoms with Gasteiger partial charge in [0.1, 0.15) is 11.6 Å². The van der Waals surface area contributed by atoms with E-state index in [-0.39, 0.29) is 18.1 Å². The Morgan fingerprint density at radius 1 is 1.23 bits per heavy atom. The highest BCUT2D eigenvalue weighted by atomic mass is 19.1. The molecule has 0 spiro atoms. The minimum absolute atomic E-state index is 0.175. The number of primary amides is 1. The number of ether oxygens (including phenoxy) is 1. The zero-order chi connectivity index (χ0) is 18.3. The maximum absolute atomic E-state index is 13.9. The Hall–Kier alpha value is -2.95. The summed E-state index contributed by atoms with van der Waals surface area (Å²) in [5.41, 5.74) is 9.53. The third kappa shape index (κ3) is 3.25. The molecule has 4 nitrogen and oxygen atoms in total. The molecule has 1 aliphatic carbocycles. The van der Waals surface area contributed by atoms with E-state index in [1.54, 1.807) is 6.07 Å². The van der Waals surface area contributed by atoms with Crippen molar-refractivity contribution in [2.45, 2.75) is 25.2 Å². The van der Waals surface area contributed by atoms with Gasteiger partial charge in [0, 0.05) is 17.0 Å². The summed E-state index contributed by atoms with van der Waals surface area (Å²) in [7, 11) is 1.51. The lowest BCUT2D eigenvalue weighted by Crippen LogP contribution is -2.13. The smallest absolute Gasteiger partial charge is 0.221 e. The molecule has 0 unspecified atom stereocenters. The van der Waals surface area contributed by atoms with Gasteiger partial charge in [-0.2, -0.15) is 0 Å². The topological polar surface area (TPSA) is 65.2 Å². The number of benzene rings is 2. The molecule has 1 fully saturated rings. The van der Waals surface area contributed by atoms with E-state index in [0.29, 0.717) is 22.9 Å². The summed E-state index contributed by atoms with van der Waals surface area (Å²) in [4.78, 5) is 16.0. The molecule has 0 atom stereocenters. The van der Waals surface area contributed by atoms with Crippen LogP contribution in [0.5, 0.6) is 5.75 Å². The van der Waals surface area contributed by atoms with Gasteiger partial charge in [-0.1, -0.05) is 12.1 Å². The van der Waals surface area contributed by atoms with Crippen molar-refractivity contribution < 1.29 is 13.9 Å². The molecule has 1 saturated carbocycles. The van der Waals surface area contributed by atoms with Crippen molar-refractivity contribution in [1.29, 1.82) is 0 Å². The lowest BCUT2D eigenvalue weighted by molar-refractivity contribution is -0.117. The third-order valence-electron chi connectivity index (χ3n) is 4.70. The van der Waals surface area contributed by atoms with Crippen molar-refractivity contribution in [1.82, 2.24) is 4.98 Å². The van der Waals surface area contributed by atoms with Crippen molar-refractivity contribution in [2.75, 3.05) is 7.11 Å². The monoisotopic (exact) mass is 350 g/mol. The minimum atomic E-state index is -0.377. The van der Waals surface area contributed by atoms with Crippen LogP contribution >= 0.6 is 0 Å². The molecule has 1 heterocycles. The standard InChI is InChI=1S/C21H19FN2O2/c1-26-16-9-14(8-15(22)10-16)19-11-18(13-3-4-13)17-5-2-12(7-21(23)25)6-20(17)24-19/h2,5-6,8-11,13H,3-4,7H2,1H3,(H2,23,25). The SMILES string of the molecule is COc1cc(F)cc(-c2cc(C3CC3)c3ccc(CC(N)=O)cc3n2)c1. The number of nitrogens with two attached hydrogens (primary N) is 1. The van der Waals surface area contributed by atoms with Crippen LogP contribution in [0.4, 0.5) is 4.39 Å². The second-order valence-corrected chi connectivity index (χ2v) is 6.75. The van der Waals surface area contributed by atoms with Gasteiger partial charge in [-0.15, -0.1) is 0 Å². The largest absolute Gasteiger partial charge is 0.497 e. The Morgan fingerprint density at radius 3 is 2.73 bits per heavy atom.